The van der Waals surface area contributed by atoms with Crippen LogP contribution in [0.4, 0.5) is 0 Å². The summed E-state index contributed by atoms with van der Waals surface area (Å²) in [5, 5.41) is 0. The fourth-order valence-corrected chi connectivity index (χ4v) is 3.29. The second-order valence-electron chi connectivity index (χ2n) is 5.30. The van der Waals surface area contributed by atoms with Crippen LogP contribution in [0.3, 0.4) is 0 Å². The maximum Gasteiger partial charge on any atom is 0.320 e. The van der Waals surface area contributed by atoms with Crippen molar-refractivity contribution in [1.29, 1.82) is 0 Å². The van der Waals surface area contributed by atoms with Gasteiger partial charge in [0.25, 0.3) is 0 Å². The summed E-state index contributed by atoms with van der Waals surface area (Å²) in [5.41, 5.74) is 0. The summed E-state index contributed by atoms with van der Waals surface area (Å²) in [5.74, 6) is 0.408. The van der Waals surface area contributed by atoms with Crippen LogP contribution in [0.25, 0.3) is 0 Å². The van der Waals surface area contributed by atoms with Crippen molar-refractivity contribution in [3.8, 4) is 0 Å². The lowest BCUT2D eigenvalue weighted by molar-refractivity contribution is -0.146. The second-order valence-corrected chi connectivity index (χ2v) is 5.30. The first-order chi connectivity index (χ1) is 8.72. The molecule has 0 aromatic heterocycles. The van der Waals surface area contributed by atoms with E-state index >= 15 is 0 Å². The van der Waals surface area contributed by atoms with E-state index in [1.807, 2.05) is 6.92 Å². The Morgan fingerprint density at radius 2 is 2.17 bits per heavy atom. The molecule has 2 rings (SSSR count). The lowest BCUT2D eigenvalue weighted by Gasteiger charge is -2.37. The molecule has 0 spiro atoms. The summed E-state index contributed by atoms with van der Waals surface area (Å²) < 4.78 is 5.02. The van der Waals surface area contributed by atoms with E-state index in [9.17, 15) is 9.59 Å². The normalized spacial score (nSPS) is 29.5. The number of likely N-dealkylation sites (tertiary alicyclic amines) is 1. The number of carbonyl (C=O) groups is 2. The number of piperidine rings is 1. The Bertz CT molecular complexity index is 316. The number of hydrogen-bond donors (Lipinski definition) is 0. The number of hydrogen-bond acceptors (Lipinski definition) is 4. The summed E-state index contributed by atoms with van der Waals surface area (Å²) in [6.45, 7) is 3.53. The van der Waals surface area contributed by atoms with Crippen LogP contribution in [0.2, 0.25) is 0 Å². The maximum atomic E-state index is 11.9. The minimum Gasteiger partial charge on any atom is -0.465 e. The van der Waals surface area contributed by atoms with Crippen LogP contribution in [0.5, 0.6) is 0 Å². The minimum absolute atomic E-state index is 0.158. The maximum absolute atomic E-state index is 11.9. The Kier molecular flexibility index (Phi) is 4.75. The molecule has 1 saturated carbocycles. The molecule has 0 bridgehead atoms. The van der Waals surface area contributed by atoms with Crippen molar-refractivity contribution in [3.05, 3.63) is 0 Å². The standard InChI is InChI=1S/C14H23NO3/c1-2-18-14(17)10-15-9-4-3-7-12(15)11-6-5-8-13(11)16/h11-12H,2-10H2,1H3. The largest absolute Gasteiger partial charge is 0.465 e. The van der Waals surface area contributed by atoms with Crippen molar-refractivity contribution in [2.75, 3.05) is 19.7 Å². The Labute approximate surface area is 109 Å². The molecule has 1 aliphatic carbocycles. The number of Topliss-reactive ketones (excluding diaryl/α,β-unsaturated/α-hetero) is 1. The zero-order valence-electron chi connectivity index (χ0n) is 11.2. The smallest absolute Gasteiger partial charge is 0.320 e. The van der Waals surface area contributed by atoms with Crippen molar-refractivity contribution in [2.45, 2.75) is 51.5 Å². The molecule has 2 atom stereocenters. The van der Waals surface area contributed by atoms with Gasteiger partial charge in [-0.25, -0.2) is 0 Å². The fraction of sp³-hybridized carbons (Fsp3) is 0.857. The molecule has 2 aliphatic rings. The van der Waals surface area contributed by atoms with E-state index in [0.717, 1.165) is 38.6 Å². The zero-order chi connectivity index (χ0) is 13.0. The number of esters is 1. The minimum atomic E-state index is -0.158. The molecule has 1 saturated heterocycles. The molecular formula is C14H23NO3. The molecule has 0 radical (unpaired) electrons. The van der Waals surface area contributed by atoms with E-state index in [1.54, 1.807) is 0 Å². The Morgan fingerprint density at radius 3 is 2.83 bits per heavy atom. The second kappa shape index (κ2) is 6.32. The number of ketones is 1. The first-order valence-electron chi connectivity index (χ1n) is 7.14. The highest BCUT2D eigenvalue weighted by Gasteiger charge is 2.37. The molecule has 2 fully saturated rings. The Hall–Kier alpha value is -0.900. The molecule has 1 heterocycles. The number of carbonyl (C=O) groups excluding carboxylic acids is 2. The van der Waals surface area contributed by atoms with E-state index in [4.69, 9.17) is 4.74 Å². The van der Waals surface area contributed by atoms with Gasteiger partial charge >= 0.3 is 5.97 Å². The number of nitrogens with zero attached hydrogens (tertiary/aromatic N) is 1. The molecule has 4 nitrogen and oxygen atoms in total. The van der Waals surface area contributed by atoms with Crippen molar-refractivity contribution >= 4 is 11.8 Å². The summed E-state index contributed by atoms with van der Waals surface area (Å²) in [6.07, 6.45) is 6.10. The van der Waals surface area contributed by atoms with Gasteiger partial charge in [-0.2, -0.15) is 0 Å². The summed E-state index contributed by atoms with van der Waals surface area (Å²) in [7, 11) is 0. The SMILES string of the molecule is CCOC(=O)CN1CCCCC1C1CCCC1=O. The van der Waals surface area contributed by atoms with Crippen molar-refractivity contribution in [1.82, 2.24) is 4.90 Å². The van der Waals surface area contributed by atoms with Gasteiger partial charge in [0, 0.05) is 18.4 Å². The average molecular weight is 253 g/mol. The summed E-state index contributed by atoms with van der Waals surface area (Å²) in [4.78, 5) is 25.7. The molecular weight excluding hydrogens is 230 g/mol. The lowest BCUT2D eigenvalue weighted by Crippen LogP contribution is -2.47. The molecule has 0 aromatic rings. The van der Waals surface area contributed by atoms with E-state index in [-0.39, 0.29) is 17.9 Å². The van der Waals surface area contributed by atoms with Gasteiger partial charge in [0.15, 0.2) is 0 Å². The molecule has 0 amide bonds. The van der Waals surface area contributed by atoms with Crippen LogP contribution in [0.1, 0.15) is 45.4 Å². The highest BCUT2D eigenvalue weighted by Crippen LogP contribution is 2.32. The van der Waals surface area contributed by atoms with Crippen LogP contribution in [0.15, 0.2) is 0 Å². The molecule has 18 heavy (non-hydrogen) atoms. The highest BCUT2D eigenvalue weighted by molar-refractivity contribution is 5.83. The summed E-state index contributed by atoms with van der Waals surface area (Å²) >= 11 is 0. The van der Waals surface area contributed by atoms with Crippen LogP contribution < -0.4 is 0 Å². The van der Waals surface area contributed by atoms with Gasteiger partial charge in [-0.05, 0) is 39.2 Å². The third kappa shape index (κ3) is 3.10. The van der Waals surface area contributed by atoms with Gasteiger partial charge in [0.2, 0.25) is 0 Å². The van der Waals surface area contributed by atoms with Crippen LogP contribution in [0, 0.1) is 5.92 Å². The third-order valence-electron chi connectivity index (χ3n) is 4.12. The topological polar surface area (TPSA) is 46.6 Å². The van der Waals surface area contributed by atoms with Crippen LogP contribution in [-0.2, 0) is 14.3 Å². The van der Waals surface area contributed by atoms with Crippen LogP contribution in [-0.4, -0.2) is 42.4 Å². The number of rotatable bonds is 4. The molecule has 0 N–H and O–H groups in total. The molecule has 4 heteroatoms. The van der Waals surface area contributed by atoms with E-state index in [1.165, 1.54) is 6.42 Å². The molecule has 102 valence electrons. The third-order valence-corrected chi connectivity index (χ3v) is 4.12. The van der Waals surface area contributed by atoms with Gasteiger partial charge in [0.05, 0.1) is 13.2 Å². The van der Waals surface area contributed by atoms with E-state index in [2.05, 4.69) is 4.90 Å². The predicted octanol–water partition coefficient (Wildman–Crippen LogP) is 1.77. The highest BCUT2D eigenvalue weighted by atomic mass is 16.5. The van der Waals surface area contributed by atoms with Gasteiger partial charge in [-0.1, -0.05) is 6.42 Å². The molecule has 1 aliphatic heterocycles. The van der Waals surface area contributed by atoms with Gasteiger partial charge in [-0.15, -0.1) is 0 Å². The first-order valence-corrected chi connectivity index (χ1v) is 7.14. The average Bonchev–Trinajstić information content (AvgIpc) is 2.76. The monoisotopic (exact) mass is 253 g/mol. The van der Waals surface area contributed by atoms with Crippen LogP contribution >= 0.6 is 0 Å². The molecule has 0 aromatic carbocycles. The lowest BCUT2D eigenvalue weighted by atomic mass is 9.88. The predicted molar refractivity (Wildman–Crippen MR) is 68.2 cm³/mol. The quantitative estimate of drug-likeness (QED) is 0.716. The fourth-order valence-electron chi connectivity index (χ4n) is 3.29. The van der Waals surface area contributed by atoms with Gasteiger partial charge < -0.3 is 4.74 Å². The zero-order valence-corrected chi connectivity index (χ0v) is 11.2. The van der Waals surface area contributed by atoms with Crippen molar-refractivity contribution < 1.29 is 14.3 Å². The van der Waals surface area contributed by atoms with Crippen molar-refractivity contribution in [3.63, 3.8) is 0 Å². The Morgan fingerprint density at radius 1 is 1.33 bits per heavy atom. The van der Waals surface area contributed by atoms with Gasteiger partial charge in [-0.3, -0.25) is 14.5 Å². The van der Waals surface area contributed by atoms with Crippen molar-refractivity contribution in [2.24, 2.45) is 5.92 Å². The molecule has 2 unspecified atom stereocenters. The van der Waals surface area contributed by atoms with Gasteiger partial charge in [0.1, 0.15) is 5.78 Å². The first kappa shape index (κ1) is 13.5. The summed E-state index contributed by atoms with van der Waals surface area (Å²) in [6, 6.07) is 0.276. The Balaban J connectivity index is 1.97. The van der Waals surface area contributed by atoms with E-state index < -0.39 is 0 Å². The number of ether oxygens (including phenoxy) is 1. The van der Waals surface area contributed by atoms with E-state index in [0.29, 0.717) is 18.9 Å².